The van der Waals surface area contributed by atoms with Crippen LogP contribution in [0.25, 0.3) is 0 Å². The topological polar surface area (TPSA) is 95.5 Å². The maximum Gasteiger partial charge on any atom is 0.336 e. The summed E-state index contributed by atoms with van der Waals surface area (Å²) in [6, 6.07) is 6.71. The van der Waals surface area contributed by atoms with Gasteiger partial charge in [-0.05, 0) is 25.5 Å². The first-order chi connectivity index (χ1) is 9.11. The Morgan fingerprint density at radius 1 is 1.30 bits per heavy atom. The number of carbonyl (C=O) groups is 1. The molecule has 112 valence electrons. The minimum Gasteiger partial charge on any atom is -0.478 e. The summed E-state index contributed by atoms with van der Waals surface area (Å²) in [6.45, 7) is 4.25. The second kappa shape index (κ2) is 6.34. The van der Waals surface area contributed by atoms with Gasteiger partial charge in [0.1, 0.15) is 0 Å². The van der Waals surface area contributed by atoms with E-state index in [1.807, 2.05) is 0 Å². The van der Waals surface area contributed by atoms with Gasteiger partial charge in [0, 0.05) is 18.6 Å². The zero-order chi connectivity index (χ0) is 15.4. The molecule has 0 unspecified atom stereocenters. The largest absolute Gasteiger partial charge is 0.478 e. The number of sulfonamides is 1. The molecule has 3 N–H and O–H groups in total. The fourth-order valence-corrected chi connectivity index (χ4v) is 3.01. The molecule has 0 aromatic heterocycles. The summed E-state index contributed by atoms with van der Waals surface area (Å²) in [6.07, 6.45) is 1.11. The van der Waals surface area contributed by atoms with E-state index in [0.717, 1.165) is 6.26 Å². The molecule has 1 aromatic carbocycles. The van der Waals surface area contributed by atoms with Crippen molar-refractivity contribution in [3.63, 3.8) is 0 Å². The van der Waals surface area contributed by atoms with Gasteiger partial charge in [-0.3, -0.25) is 0 Å². The van der Waals surface area contributed by atoms with E-state index in [1.54, 1.807) is 38.1 Å². The maximum absolute atomic E-state index is 11.2. The van der Waals surface area contributed by atoms with Crippen LogP contribution in [0.2, 0.25) is 0 Å². The molecule has 0 radical (unpaired) electrons. The van der Waals surface area contributed by atoms with Gasteiger partial charge >= 0.3 is 5.97 Å². The van der Waals surface area contributed by atoms with Gasteiger partial charge in [-0.1, -0.05) is 18.2 Å². The molecule has 20 heavy (non-hydrogen) atoms. The number of carboxylic acids is 1. The summed E-state index contributed by atoms with van der Waals surface area (Å²) in [5.74, 6) is -0.976. The number of nitrogens with one attached hydrogen (secondary N) is 2. The van der Waals surface area contributed by atoms with Gasteiger partial charge < -0.3 is 10.4 Å². The van der Waals surface area contributed by atoms with Gasteiger partial charge in [-0.2, -0.15) is 0 Å². The average molecular weight is 300 g/mol. The minimum absolute atomic E-state index is 0.244. The van der Waals surface area contributed by atoms with E-state index in [1.165, 1.54) is 0 Å². The van der Waals surface area contributed by atoms with Crippen LogP contribution in [0.5, 0.6) is 0 Å². The second-order valence-corrected chi connectivity index (χ2v) is 7.07. The van der Waals surface area contributed by atoms with Crippen molar-refractivity contribution in [3.05, 3.63) is 35.4 Å². The van der Waals surface area contributed by atoms with Crippen molar-refractivity contribution in [2.45, 2.75) is 25.9 Å². The lowest BCUT2D eigenvalue weighted by Crippen LogP contribution is -2.49. The van der Waals surface area contributed by atoms with Crippen molar-refractivity contribution in [1.82, 2.24) is 10.0 Å². The first-order valence-corrected chi connectivity index (χ1v) is 8.01. The van der Waals surface area contributed by atoms with Crippen LogP contribution in [-0.2, 0) is 16.6 Å². The predicted octanol–water partition coefficient (Wildman–Crippen LogP) is 0.802. The highest BCUT2D eigenvalue weighted by Crippen LogP contribution is 2.09. The Hall–Kier alpha value is -1.44. The summed E-state index contributed by atoms with van der Waals surface area (Å²) in [5.41, 5.74) is 0.259. The SMILES string of the molecule is CC(C)(CNCc1ccccc1C(=O)O)NS(C)(=O)=O. The quantitative estimate of drug-likeness (QED) is 0.692. The first kappa shape index (κ1) is 16.6. The van der Waals surface area contributed by atoms with E-state index in [-0.39, 0.29) is 5.56 Å². The Kier molecular flexibility index (Phi) is 5.27. The van der Waals surface area contributed by atoms with Crippen molar-refractivity contribution in [2.75, 3.05) is 12.8 Å². The van der Waals surface area contributed by atoms with Gasteiger partial charge in [0.15, 0.2) is 0 Å². The molecule has 0 aliphatic heterocycles. The lowest BCUT2D eigenvalue weighted by molar-refractivity contribution is 0.0695. The Morgan fingerprint density at radius 3 is 2.45 bits per heavy atom. The molecule has 0 fully saturated rings. The van der Waals surface area contributed by atoms with E-state index in [2.05, 4.69) is 10.0 Å². The van der Waals surface area contributed by atoms with E-state index >= 15 is 0 Å². The minimum atomic E-state index is -3.28. The molecule has 7 heteroatoms. The summed E-state index contributed by atoms with van der Waals surface area (Å²) < 4.78 is 24.9. The number of aromatic carboxylic acids is 1. The standard InChI is InChI=1S/C13H20N2O4S/c1-13(2,15-20(3,18)19)9-14-8-10-6-4-5-7-11(10)12(16)17/h4-7,14-15H,8-9H2,1-3H3,(H,16,17). The van der Waals surface area contributed by atoms with Crippen LogP contribution in [0.15, 0.2) is 24.3 Å². The third-order valence-electron chi connectivity index (χ3n) is 2.59. The highest BCUT2D eigenvalue weighted by Gasteiger charge is 2.21. The Balaban J connectivity index is 2.63. The van der Waals surface area contributed by atoms with Gasteiger partial charge in [0.05, 0.1) is 11.8 Å². The number of carboxylic acid groups (broad SMARTS) is 1. The van der Waals surface area contributed by atoms with Crippen LogP contribution in [0.3, 0.4) is 0 Å². The van der Waals surface area contributed by atoms with E-state index < -0.39 is 21.5 Å². The average Bonchev–Trinajstić information content (AvgIpc) is 2.25. The lowest BCUT2D eigenvalue weighted by Gasteiger charge is -2.25. The summed E-state index contributed by atoms with van der Waals surface area (Å²) >= 11 is 0. The number of rotatable bonds is 7. The molecule has 0 aliphatic carbocycles. The van der Waals surface area contributed by atoms with Gasteiger partial charge in [-0.25, -0.2) is 17.9 Å². The summed E-state index contributed by atoms with van der Waals surface area (Å²) in [4.78, 5) is 11.1. The summed E-state index contributed by atoms with van der Waals surface area (Å²) in [7, 11) is -3.28. The normalized spacial score (nSPS) is 12.3. The van der Waals surface area contributed by atoms with Gasteiger partial charge in [0.2, 0.25) is 10.0 Å². The second-order valence-electron chi connectivity index (χ2n) is 5.32. The molecule has 1 rings (SSSR count). The van der Waals surface area contributed by atoms with Crippen molar-refractivity contribution in [2.24, 2.45) is 0 Å². The van der Waals surface area contributed by atoms with Gasteiger partial charge in [0.25, 0.3) is 0 Å². The number of hydrogen-bond donors (Lipinski definition) is 3. The van der Waals surface area contributed by atoms with Crippen LogP contribution in [0, 0.1) is 0 Å². The molecule has 0 aliphatic rings. The zero-order valence-electron chi connectivity index (χ0n) is 11.8. The van der Waals surface area contributed by atoms with E-state index in [9.17, 15) is 13.2 Å². The van der Waals surface area contributed by atoms with Crippen molar-refractivity contribution < 1.29 is 18.3 Å². The molecule has 0 atom stereocenters. The van der Waals surface area contributed by atoms with E-state index in [0.29, 0.717) is 18.7 Å². The molecular weight excluding hydrogens is 280 g/mol. The zero-order valence-corrected chi connectivity index (χ0v) is 12.6. The van der Waals surface area contributed by atoms with Crippen LogP contribution >= 0.6 is 0 Å². The molecule has 1 aromatic rings. The van der Waals surface area contributed by atoms with Gasteiger partial charge in [-0.15, -0.1) is 0 Å². The van der Waals surface area contributed by atoms with Crippen molar-refractivity contribution in [1.29, 1.82) is 0 Å². The van der Waals surface area contributed by atoms with Crippen molar-refractivity contribution >= 4 is 16.0 Å². The molecular formula is C13H20N2O4S. The molecule has 0 bridgehead atoms. The molecule has 0 amide bonds. The molecule has 0 heterocycles. The Bertz CT molecular complexity index is 582. The summed E-state index contributed by atoms with van der Waals surface area (Å²) in [5, 5.41) is 12.1. The highest BCUT2D eigenvalue weighted by molar-refractivity contribution is 7.88. The predicted molar refractivity (Wildman–Crippen MR) is 77.2 cm³/mol. The third kappa shape index (κ3) is 5.68. The van der Waals surface area contributed by atoms with Crippen LogP contribution in [0.4, 0.5) is 0 Å². The fraction of sp³-hybridized carbons (Fsp3) is 0.462. The third-order valence-corrected chi connectivity index (χ3v) is 3.52. The molecule has 0 saturated carbocycles. The fourth-order valence-electron chi connectivity index (χ4n) is 1.93. The molecule has 0 saturated heterocycles. The smallest absolute Gasteiger partial charge is 0.336 e. The Morgan fingerprint density at radius 2 is 1.90 bits per heavy atom. The van der Waals surface area contributed by atoms with Crippen LogP contribution in [-0.4, -0.2) is 37.8 Å². The first-order valence-electron chi connectivity index (χ1n) is 6.12. The van der Waals surface area contributed by atoms with Crippen LogP contribution in [0.1, 0.15) is 29.8 Å². The van der Waals surface area contributed by atoms with Crippen LogP contribution < -0.4 is 10.0 Å². The number of benzene rings is 1. The monoisotopic (exact) mass is 300 g/mol. The van der Waals surface area contributed by atoms with E-state index in [4.69, 9.17) is 5.11 Å². The number of hydrogen-bond acceptors (Lipinski definition) is 4. The lowest BCUT2D eigenvalue weighted by atomic mass is 10.1. The Labute approximate surface area is 119 Å². The molecule has 6 nitrogen and oxygen atoms in total. The van der Waals surface area contributed by atoms with Crippen molar-refractivity contribution in [3.8, 4) is 0 Å². The molecule has 0 spiro atoms. The highest BCUT2D eigenvalue weighted by atomic mass is 32.2. The maximum atomic E-state index is 11.2.